The Hall–Kier alpha value is -2.76. The normalized spacial score (nSPS) is 13.8. The molecule has 1 aromatic heterocycles. The predicted octanol–water partition coefficient (Wildman–Crippen LogP) is 2.90. The summed E-state index contributed by atoms with van der Waals surface area (Å²) in [6.45, 7) is 0.744. The largest absolute Gasteiger partial charge is 0.467 e. The average molecular weight is 341 g/mol. The van der Waals surface area contributed by atoms with E-state index in [-0.39, 0.29) is 11.9 Å². The Kier molecular flexibility index (Phi) is 5.38. The second-order valence-electron chi connectivity index (χ2n) is 6.32. The highest BCUT2D eigenvalue weighted by Crippen LogP contribution is 2.23. The molecule has 2 aromatic rings. The summed E-state index contributed by atoms with van der Waals surface area (Å²) in [7, 11) is 1.83. The van der Waals surface area contributed by atoms with Gasteiger partial charge in [0.2, 0.25) is 0 Å². The fraction of sp³-hybridized carbons (Fsp3) is 0.368. The van der Waals surface area contributed by atoms with E-state index in [0.29, 0.717) is 30.5 Å². The third kappa shape index (κ3) is 4.41. The van der Waals surface area contributed by atoms with E-state index in [1.807, 2.05) is 25.2 Å². The zero-order chi connectivity index (χ0) is 17.6. The molecule has 132 valence electrons. The van der Waals surface area contributed by atoms with Gasteiger partial charge in [-0.05, 0) is 49.1 Å². The fourth-order valence-electron chi connectivity index (χ4n) is 2.75. The Morgan fingerprint density at radius 2 is 2.00 bits per heavy atom. The Morgan fingerprint density at radius 1 is 1.16 bits per heavy atom. The minimum atomic E-state index is -0.170. The van der Waals surface area contributed by atoms with Crippen molar-refractivity contribution in [3.8, 4) is 0 Å². The lowest BCUT2D eigenvalue weighted by Gasteiger charge is -2.34. The van der Waals surface area contributed by atoms with Gasteiger partial charge in [-0.1, -0.05) is 12.1 Å². The molecule has 6 nitrogen and oxygen atoms in total. The molecule has 0 radical (unpaired) electrons. The molecule has 1 fully saturated rings. The molecule has 1 saturated carbocycles. The Labute approximate surface area is 147 Å². The first-order valence-electron chi connectivity index (χ1n) is 8.53. The van der Waals surface area contributed by atoms with E-state index in [4.69, 9.17) is 4.42 Å². The lowest BCUT2D eigenvalue weighted by molar-refractivity contribution is 0.0948. The number of hydrogen-bond donors (Lipinski definition) is 2. The molecule has 1 aliphatic carbocycles. The van der Waals surface area contributed by atoms with Crippen molar-refractivity contribution in [1.82, 2.24) is 15.5 Å². The molecule has 0 atom stereocenters. The molecule has 0 unspecified atom stereocenters. The van der Waals surface area contributed by atoms with Crippen LogP contribution in [-0.4, -0.2) is 29.9 Å². The predicted molar refractivity (Wildman–Crippen MR) is 94.0 cm³/mol. The Morgan fingerprint density at radius 3 is 2.68 bits per heavy atom. The molecule has 3 amide bonds. The van der Waals surface area contributed by atoms with Crippen LogP contribution in [0.4, 0.5) is 4.79 Å². The summed E-state index contributed by atoms with van der Waals surface area (Å²) in [5.74, 6) is 0.534. The number of carbonyl (C=O) groups is 2. The molecule has 2 N–H and O–H groups in total. The van der Waals surface area contributed by atoms with E-state index >= 15 is 0 Å². The fourth-order valence-corrected chi connectivity index (χ4v) is 2.75. The van der Waals surface area contributed by atoms with Crippen LogP contribution >= 0.6 is 0 Å². The highest BCUT2D eigenvalue weighted by molar-refractivity contribution is 5.94. The maximum atomic E-state index is 12.2. The summed E-state index contributed by atoms with van der Waals surface area (Å²) in [4.78, 5) is 26.1. The first-order valence-corrected chi connectivity index (χ1v) is 8.53. The van der Waals surface area contributed by atoms with Gasteiger partial charge < -0.3 is 20.0 Å². The summed E-state index contributed by atoms with van der Waals surface area (Å²) < 4.78 is 5.20. The van der Waals surface area contributed by atoms with Crippen molar-refractivity contribution in [2.45, 2.75) is 38.4 Å². The zero-order valence-electron chi connectivity index (χ0n) is 14.3. The highest BCUT2D eigenvalue weighted by Gasteiger charge is 2.25. The molecule has 25 heavy (non-hydrogen) atoms. The molecule has 0 spiro atoms. The molecular formula is C19H23N3O3. The van der Waals surface area contributed by atoms with E-state index in [9.17, 15) is 9.59 Å². The first kappa shape index (κ1) is 17.1. The number of benzene rings is 1. The van der Waals surface area contributed by atoms with Gasteiger partial charge >= 0.3 is 6.03 Å². The molecule has 1 aliphatic rings. The monoisotopic (exact) mass is 341 g/mol. The second kappa shape index (κ2) is 7.88. The van der Waals surface area contributed by atoms with Crippen molar-refractivity contribution < 1.29 is 14.0 Å². The summed E-state index contributed by atoms with van der Waals surface area (Å²) in [6.07, 6.45) is 4.92. The van der Waals surface area contributed by atoms with Crippen LogP contribution in [0.25, 0.3) is 0 Å². The average Bonchev–Trinajstić information content (AvgIpc) is 3.09. The van der Waals surface area contributed by atoms with Crippen molar-refractivity contribution in [3.63, 3.8) is 0 Å². The third-order valence-corrected chi connectivity index (χ3v) is 4.58. The van der Waals surface area contributed by atoms with Gasteiger partial charge in [0.1, 0.15) is 5.76 Å². The first-order chi connectivity index (χ1) is 12.1. The lowest BCUT2D eigenvalue weighted by atomic mass is 9.92. The quantitative estimate of drug-likeness (QED) is 0.848. The van der Waals surface area contributed by atoms with Gasteiger partial charge in [-0.15, -0.1) is 0 Å². The Balaban J connectivity index is 1.51. The van der Waals surface area contributed by atoms with Crippen LogP contribution in [-0.2, 0) is 13.1 Å². The standard InChI is InChI=1S/C19H23N3O3/c1-22(16-7-3-8-16)19(24)21-12-14-5-2-6-15(11-14)18(23)20-13-17-9-4-10-25-17/h2,4-6,9-11,16H,3,7-8,12-13H2,1H3,(H,20,23)(H,21,24). The van der Waals surface area contributed by atoms with Gasteiger partial charge in [0.15, 0.2) is 0 Å². The molecule has 6 heteroatoms. The molecule has 0 aliphatic heterocycles. The van der Waals surface area contributed by atoms with Crippen molar-refractivity contribution in [3.05, 3.63) is 59.5 Å². The highest BCUT2D eigenvalue weighted by atomic mass is 16.3. The van der Waals surface area contributed by atoms with Crippen LogP contribution in [0.1, 0.15) is 40.9 Å². The van der Waals surface area contributed by atoms with Gasteiger partial charge in [-0.25, -0.2) is 4.79 Å². The number of amides is 3. The van der Waals surface area contributed by atoms with Gasteiger partial charge in [-0.2, -0.15) is 0 Å². The number of nitrogens with zero attached hydrogens (tertiary/aromatic N) is 1. The summed E-state index contributed by atoms with van der Waals surface area (Å²) in [5, 5.41) is 5.72. The number of hydrogen-bond acceptors (Lipinski definition) is 3. The molecule has 0 saturated heterocycles. The van der Waals surface area contributed by atoms with Gasteiger partial charge in [0.05, 0.1) is 12.8 Å². The van der Waals surface area contributed by atoms with Crippen LogP contribution in [0.15, 0.2) is 47.1 Å². The smallest absolute Gasteiger partial charge is 0.317 e. The van der Waals surface area contributed by atoms with E-state index in [1.165, 1.54) is 6.42 Å². The maximum absolute atomic E-state index is 12.2. The van der Waals surface area contributed by atoms with E-state index < -0.39 is 0 Å². The molecule has 3 rings (SSSR count). The van der Waals surface area contributed by atoms with Crippen LogP contribution in [0, 0.1) is 0 Å². The molecular weight excluding hydrogens is 318 g/mol. The number of rotatable bonds is 6. The van der Waals surface area contributed by atoms with E-state index in [1.54, 1.807) is 29.4 Å². The van der Waals surface area contributed by atoms with E-state index in [0.717, 1.165) is 18.4 Å². The lowest BCUT2D eigenvalue weighted by Crippen LogP contribution is -2.46. The number of furan rings is 1. The van der Waals surface area contributed by atoms with Gasteiger partial charge in [0, 0.05) is 25.2 Å². The van der Waals surface area contributed by atoms with Crippen LogP contribution in [0.2, 0.25) is 0 Å². The third-order valence-electron chi connectivity index (χ3n) is 4.58. The Bertz CT molecular complexity index is 723. The minimum absolute atomic E-state index is 0.0719. The zero-order valence-corrected chi connectivity index (χ0v) is 14.3. The van der Waals surface area contributed by atoms with Gasteiger partial charge in [0.25, 0.3) is 5.91 Å². The summed E-state index contributed by atoms with van der Waals surface area (Å²) in [6, 6.07) is 11.1. The van der Waals surface area contributed by atoms with Gasteiger partial charge in [-0.3, -0.25) is 4.79 Å². The number of urea groups is 1. The number of carbonyl (C=O) groups excluding carboxylic acids is 2. The molecule has 1 heterocycles. The second-order valence-corrected chi connectivity index (χ2v) is 6.32. The van der Waals surface area contributed by atoms with Crippen molar-refractivity contribution in [2.75, 3.05) is 7.05 Å². The molecule has 0 bridgehead atoms. The van der Waals surface area contributed by atoms with Crippen LogP contribution < -0.4 is 10.6 Å². The van der Waals surface area contributed by atoms with Crippen molar-refractivity contribution >= 4 is 11.9 Å². The molecule has 1 aromatic carbocycles. The van der Waals surface area contributed by atoms with Crippen LogP contribution in [0.3, 0.4) is 0 Å². The SMILES string of the molecule is CN(C(=O)NCc1cccc(C(=O)NCc2ccco2)c1)C1CCC1. The topological polar surface area (TPSA) is 74.6 Å². The minimum Gasteiger partial charge on any atom is -0.467 e. The summed E-state index contributed by atoms with van der Waals surface area (Å²) in [5.41, 5.74) is 1.45. The summed E-state index contributed by atoms with van der Waals surface area (Å²) >= 11 is 0. The van der Waals surface area contributed by atoms with Crippen LogP contribution in [0.5, 0.6) is 0 Å². The van der Waals surface area contributed by atoms with Crippen molar-refractivity contribution in [2.24, 2.45) is 0 Å². The van der Waals surface area contributed by atoms with E-state index in [2.05, 4.69) is 10.6 Å². The van der Waals surface area contributed by atoms with Crippen molar-refractivity contribution in [1.29, 1.82) is 0 Å². The number of nitrogens with one attached hydrogen (secondary N) is 2. The maximum Gasteiger partial charge on any atom is 0.317 e.